The highest BCUT2D eigenvalue weighted by atomic mass is 35.5. The van der Waals surface area contributed by atoms with Gasteiger partial charge in [-0.1, -0.05) is 41.9 Å². The van der Waals surface area contributed by atoms with Crippen molar-refractivity contribution in [1.29, 1.82) is 0 Å². The highest BCUT2D eigenvalue weighted by molar-refractivity contribution is 7.12. The molecular weight excluding hydrogens is 425 g/mol. The summed E-state index contributed by atoms with van der Waals surface area (Å²) in [6.07, 6.45) is 0.508. The van der Waals surface area contributed by atoms with Crippen molar-refractivity contribution in [3.63, 3.8) is 0 Å². The van der Waals surface area contributed by atoms with Gasteiger partial charge >= 0.3 is 0 Å². The van der Waals surface area contributed by atoms with Crippen LogP contribution < -0.4 is 0 Å². The third kappa shape index (κ3) is 3.88. The smallest absolute Gasteiger partial charge is 0.290 e. The van der Waals surface area contributed by atoms with Crippen LogP contribution in [0, 0.1) is 5.82 Å². The van der Waals surface area contributed by atoms with E-state index in [4.69, 9.17) is 11.6 Å². The number of rotatable bonds is 6. The molecule has 1 aromatic heterocycles. The van der Waals surface area contributed by atoms with Crippen molar-refractivity contribution in [1.82, 2.24) is 4.90 Å². The molecule has 1 atom stereocenters. The van der Waals surface area contributed by atoms with Crippen LogP contribution in [0.4, 0.5) is 4.39 Å². The highest BCUT2D eigenvalue weighted by Gasteiger charge is 2.43. The van der Waals surface area contributed by atoms with Gasteiger partial charge in [0.1, 0.15) is 5.82 Å². The Bertz CT molecular complexity index is 1110. The van der Waals surface area contributed by atoms with E-state index in [2.05, 4.69) is 0 Å². The molecule has 7 heteroatoms. The van der Waals surface area contributed by atoms with Gasteiger partial charge < -0.3 is 10.0 Å². The van der Waals surface area contributed by atoms with E-state index in [1.54, 1.807) is 29.6 Å². The first-order chi connectivity index (χ1) is 14.5. The Hall–Kier alpha value is -2.96. The van der Waals surface area contributed by atoms with E-state index in [1.807, 2.05) is 12.1 Å². The quantitative estimate of drug-likeness (QED) is 0.524. The fourth-order valence-electron chi connectivity index (χ4n) is 3.55. The summed E-state index contributed by atoms with van der Waals surface area (Å²) >= 11 is 7.17. The Morgan fingerprint density at radius 3 is 2.43 bits per heavy atom. The summed E-state index contributed by atoms with van der Waals surface area (Å²) in [6.45, 7) is 0.272. The van der Waals surface area contributed by atoms with Gasteiger partial charge in [0.15, 0.2) is 5.76 Å². The summed E-state index contributed by atoms with van der Waals surface area (Å²) in [4.78, 5) is 27.9. The van der Waals surface area contributed by atoms with Crippen LogP contribution in [0.5, 0.6) is 0 Å². The SMILES string of the molecule is O=C(C1=C(O)C(=O)N(CCc2ccc(Cl)cc2)C1c1ccc(F)cc1)c1cccs1. The molecule has 2 heterocycles. The summed E-state index contributed by atoms with van der Waals surface area (Å²) in [5.74, 6) is -1.99. The fraction of sp³-hybridized carbons (Fsp3) is 0.130. The summed E-state index contributed by atoms with van der Waals surface area (Å²) in [6, 6.07) is 15.5. The molecule has 1 amide bonds. The average molecular weight is 442 g/mol. The molecule has 0 saturated carbocycles. The Morgan fingerprint density at radius 2 is 1.80 bits per heavy atom. The topological polar surface area (TPSA) is 57.6 Å². The molecule has 4 nitrogen and oxygen atoms in total. The van der Waals surface area contributed by atoms with Crippen LogP contribution in [0.1, 0.15) is 26.8 Å². The first-order valence-corrected chi connectivity index (χ1v) is 10.5. The Balaban J connectivity index is 1.69. The van der Waals surface area contributed by atoms with E-state index in [0.29, 0.717) is 21.9 Å². The number of ketones is 1. The molecule has 4 rings (SSSR count). The minimum absolute atomic E-state index is 0.0187. The van der Waals surface area contributed by atoms with Gasteiger partial charge in [0, 0.05) is 11.6 Å². The second-order valence-corrected chi connectivity index (χ2v) is 8.28. The molecule has 30 heavy (non-hydrogen) atoms. The number of halogens is 2. The lowest BCUT2D eigenvalue weighted by molar-refractivity contribution is -0.129. The van der Waals surface area contributed by atoms with E-state index in [0.717, 1.165) is 5.56 Å². The number of Topliss-reactive ketones (excluding diaryl/α,β-unsaturated/α-hetero) is 1. The molecule has 1 unspecified atom stereocenters. The van der Waals surface area contributed by atoms with Crippen molar-refractivity contribution in [2.45, 2.75) is 12.5 Å². The molecule has 0 fully saturated rings. The predicted octanol–water partition coefficient (Wildman–Crippen LogP) is 5.36. The van der Waals surface area contributed by atoms with E-state index in [9.17, 15) is 19.1 Å². The standard InChI is InChI=1S/C23H17ClFNO3S/c24-16-7-3-14(4-8-16)11-12-26-20(15-5-9-17(25)10-6-15)19(22(28)23(26)29)21(27)18-2-1-13-30-18/h1-10,13,20,28H,11-12H2. The van der Waals surface area contributed by atoms with Crippen LogP contribution in [0.2, 0.25) is 5.02 Å². The lowest BCUT2D eigenvalue weighted by atomic mass is 9.95. The number of carbonyl (C=O) groups is 2. The second kappa shape index (κ2) is 8.42. The number of aliphatic hydroxyl groups excluding tert-OH is 1. The van der Waals surface area contributed by atoms with E-state index < -0.39 is 29.3 Å². The molecule has 0 saturated heterocycles. The maximum atomic E-state index is 13.5. The Morgan fingerprint density at radius 1 is 1.10 bits per heavy atom. The Labute approximate surface area is 181 Å². The van der Waals surface area contributed by atoms with Crippen molar-refractivity contribution in [3.8, 4) is 0 Å². The van der Waals surface area contributed by atoms with Crippen LogP contribution in [-0.2, 0) is 11.2 Å². The molecule has 1 N–H and O–H groups in total. The molecule has 152 valence electrons. The van der Waals surface area contributed by atoms with Gasteiger partial charge in [0.25, 0.3) is 5.91 Å². The lowest BCUT2D eigenvalue weighted by Crippen LogP contribution is -2.33. The van der Waals surface area contributed by atoms with E-state index in [1.165, 1.54) is 40.5 Å². The van der Waals surface area contributed by atoms with Crippen molar-refractivity contribution >= 4 is 34.6 Å². The molecule has 1 aliphatic heterocycles. The average Bonchev–Trinajstić information content (AvgIpc) is 3.36. The van der Waals surface area contributed by atoms with Crippen molar-refractivity contribution in [2.24, 2.45) is 0 Å². The minimum Gasteiger partial charge on any atom is -0.503 e. The number of aliphatic hydroxyl groups is 1. The van der Waals surface area contributed by atoms with Crippen molar-refractivity contribution in [3.05, 3.63) is 104 Å². The number of benzene rings is 2. The maximum absolute atomic E-state index is 13.5. The highest BCUT2D eigenvalue weighted by Crippen LogP contribution is 2.39. The van der Waals surface area contributed by atoms with Crippen LogP contribution in [0.25, 0.3) is 0 Å². The lowest BCUT2D eigenvalue weighted by Gasteiger charge is -2.27. The maximum Gasteiger partial charge on any atom is 0.290 e. The predicted molar refractivity (Wildman–Crippen MR) is 114 cm³/mol. The van der Waals surface area contributed by atoms with E-state index >= 15 is 0 Å². The van der Waals surface area contributed by atoms with Crippen LogP contribution in [-0.4, -0.2) is 28.2 Å². The molecule has 0 spiro atoms. The summed E-state index contributed by atoms with van der Waals surface area (Å²) in [5.41, 5.74) is 1.54. The van der Waals surface area contributed by atoms with Gasteiger partial charge in [-0.3, -0.25) is 9.59 Å². The van der Waals surface area contributed by atoms with Crippen molar-refractivity contribution < 1.29 is 19.1 Å². The number of amides is 1. The Kier molecular flexibility index (Phi) is 5.70. The van der Waals surface area contributed by atoms with Gasteiger partial charge in [0.05, 0.1) is 16.5 Å². The van der Waals surface area contributed by atoms with Gasteiger partial charge in [-0.25, -0.2) is 4.39 Å². The number of hydrogen-bond donors (Lipinski definition) is 1. The zero-order valence-corrected chi connectivity index (χ0v) is 17.3. The monoisotopic (exact) mass is 441 g/mol. The van der Waals surface area contributed by atoms with Gasteiger partial charge in [-0.2, -0.15) is 0 Å². The first kappa shape index (κ1) is 20.3. The molecular formula is C23H17ClFNO3S. The van der Waals surface area contributed by atoms with E-state index in [-0.39, 0.29) is 12.1 Å². The first-order valence-electron chi connectivity index (χ1n) is 9.28. The number of nitrogens with zero attached hydrogens (tertiary/aromatic N) is 1. The normalized spacial score (nSPS) is 16.4. The zero-order valence-electron chi connectivity index (χ0n) is 15.7. The summed E-state index contributed by atoms with van der Waals surface area (Å²) in [7, 11) is 0. The third-order valence-corrected chi connectivity index (χ3v) is 6.15. The van der Waals surface area contributed by atoms with Crippen LogP contribution in [0.15, 0.2) is 77.4 Å². The number of thiophene rings is 1. The molecule has 0 bridgehead atoms. The number of carbonyl (C=O) groups excluding carboxylic acids is 2. The third-order valence-electron chi connectivity index (χ3n) is 5.03. The molecule has 0 radical (unpaired) electrons. The van der Waals surface area contributed by atoms with Gasteiger partial charge in [0.2, 0.25) is 5.78 Å². The zero-order chi connectivity index (χ0) is 21.3. The van der Waals surface area contributed by atoms with Crippen molar-refractivity contribution in [2.75, 3.05) is 6.54 Å². The largest absolute Gasteiger partial charge is 0.503 e. The van der Waals surface area contributed by atoms with Crippen LogP contribution in [0.3, 0.4) is 0 Å². The molecule has 0 aliphatic carbocycles. The molecule has 2 aromatic carbocycles. The molecule has 3 aromatic rings. The van der Waals surface area contributed by atoms with Gasteiger partial charge in [-0.15, -0.1) is 11.3 Å². The second-order valence-electron chi connectivity index (χ2n) is 6.90. The van der Waals surface area contributed by atoms with Crippen LogP contribution >= 0.6 is 22.9 Å². The molecule has 1 aliphatic rings. The fourth-order valence-corrected chi connectivity index (χ4v) is 4.35. The minimum atomic E-state index is -0.792. The summed E-state index contributed by atoms with van der Waals surface area (Å²) < 4.78 is 13.5. The van der Waals surface area contributed by atoms with Gasteiger partial charge in [-0.05, 0) is 53.3 Å². The summed E-state index contributed by atoms with van der Waals surface area (Å²) in [5, 5.41) is 13.0. The number of hydrogen-bond acceptors (Lipinski definition) is 4.